The van der Waals surface area contributed by atoms with Crippen molar-refractivity contribution >= 4 is 11.6 Å². The number of amides is 1. The number of hydrogen-bond acceptors (Lipinski definition) is 4. The summed E-state index contributed by atoms with van der Waals surface area (Å²) in [5, 5.41) is 10.7. The van der Waals surface area contributed by atoms with E-state index in [1.54, 1.807) is 24.3 Å². The number of rotatable bonds is 7. The third-order valence-electron chi connectivity index (χ3n) is 4.22. The Bertz CT molecular complexity index is 678. The number of nitrogens with two attached hydrogens (primary N) is 1. The van der Waals surface area contributed by atoms with Gasteiger partial charge in [0.15, 0.2) is 0 Å². The topological polar surface area (TPSA) is 89.5 Å². The summed E-state index contributed by atoms with van der Waals surface area (Å²) in [6.45, 7) is 1.53. The molecule has 2 aromatic carbocycles. The zero-order chi connectivity index (χ0) is 17.1. The molecule has 0 aliphatic heterocycles. The summed E-state index contributed by atoms with van der Waals surface area (Å²) in [7, 11) is 0. The molecule has 2 N–H and O–H groups in total. The quantitative estimate of drug-likeness (QED) is 0.626. The number of nitrogens with zero attached hydrogens (tertiary/aromatic N) is 2. The second kappa shape index (κ2) is 6.80. The third kappa shape index (κ3) is 3.97. The Morgan fingerprint density at radius 1 is 1.04 bits per heavy atom. The van der Waals surface area contributed by atoms with Gasteiger partial charge in [-0.1, -0.05) is 24.3 Å². The molecule has 1 saturated carbocycles. The van der Waals surface area contributed by atoms with E-state index in [9.17, 15) is 14.9 Å². The molecule has 6 nitrogen and oxygen atoms in total. The summed E-state index contributed by atoms with van der Waals surface area (Å²) in [4.78, 5) is 23.8. The zero-order valence-corrected chi connectivity index (χ0v) is 13.2. The Kier molecular flexibility index (Phi) is 4.57. The van der Waals surface area contributed by atoms with Crippen LogP contribution in [0.3, 0.4) is 0 Å². The second-order valence-corrected chi connectivity index (χ2v) is 6.12. The average Bonchev–Trinajstić information content (AvgIpc) is 3.40. The highest BCUT2D eigenvalue weighted by atomic mass is 16.6. The molecular weight excluding hydrogens is 306 g/mol. The molecule has 0 spiro atoms. The largest absolute Gasteiger partial charge is 0.366 e. The van der Waals surface area contributed by atoms with Crippen molar-refractivity contribution in [1.82, 2.24) is 4.90 Å². The maximum atomic E-state index is 11.1. The molecular formula is C18H19N3O3. The van der Waals surface area contributed by atoms with E-state index in [0.717, 1.165) is 24.2 Å². The molecule has 2 aromatic rings. The predicted octanol–water partition coefficient (Wildman–Crippen LogP) is 2.86. The molecule has 1 amide bonds. The molecule has 1 aliphatic rings. The molecule has 0 radical (unpaired) electrons. The van der Waals surface area contributed by atoms with Crippen molar-refractivity contribution in [3.05, 3.63) is 75.3 Å². The van der Waals surface area contributed by atoms with Crippen LogP contribution in [0.5, 0.6) is 0 Å². The van der Waals surface area contributed by atoms with Crippen LogP contribution in [0, 0.1) is 10.1 Å². The van der Waals surface area contributed by atoms with Crippen molar-refractivity contribution in [2.75, 3.05) is 0 Å². The smallest absolute Gasteiger partial charge is 0.269 e. The maximum Gasteiger partial charge on any atom is 0.269 e. The monoisotopic (exact) mass is 325 g/mol. The minimum atomic E-state index is -0.425. The Balaban J connectivity index is 1.68. The average molecular weight is 325 g/mol. The predicted molar refractivity (Wildman–Crippen MR) is 90.3 cm³/mol. The van der Waals surface area contributed by atoms with Gasteiger partial charge in [0, 0.05) is 36.8 Å². The molecule has 3 rings (SSSR count). The minimum Gasteiger partial charge on any atom is -0.366 e. The molecule has 1 fully saturated rings. The number of non-ortho nitro benzene ring substituents is 1. The maximum absolute atomic E-state index is 11.1. The molecule has 0 heterocycles. The standard InChI is InChI=1S/C18H19N3O3/c19-18(22)15-5-1-13(2-6-15)11-20(16-9-10-16)12-14-3-7-17(8-4-14)21(23)24/h1-8,16H,9-12H2,(H2,19,22). The fourth-order valence-electron chi connectivity index (χ4n) is 2.72. The first-order valence-corrected chi connectivity index (χ1v) is 7.89. The van der Waals surface area contributed by atoms with Gasteiger partial charge >= 0.3 is 0 Å². The lowest BCUT2D eigenvalue weighted by Gasteiger charge is -2.22. The van der Waals surface area contributed by atoms with Crippen LogP contribution in [-0.2, 0) is 13.1 Å². The van der Waals surface area contributed by atoms with E-state index in [1.165, 1.54) is 12.8 Å². The molecule has 24 heavy (non-hydrogen) atoms. The number of nitro benzene ring substituents is 1. The molecule has 0 saturated heterocycles. The summed E-state index contributed by atoms with van der Waals surface area (Å²) >= 11 is 0. The highest BCUT2D eigenvalue weighted by Gasteiger charge is 2.29. The van der Waals surface area contributed by atoms with Gasteiger partial charge in [0.25, 0.3) is 5.69 Å². The summed E-state index contributed by atoms with van der Waals surface area (Å²) in [5.74, 6) is -0.425. The van der Waals surface area contributed by atoms with Crippen LogP contribution in [0.25, 0.3) is 0 Å². The number of hydrogen-bond donors (Lipinski definition) is 1. The van der Waals surface area contributed by atoms with Gasteiger partial charge in [-0.2, -0.15) is 0 Å². The molecule has 1 aliphatic carbocycles. The number of nitro groups is 1. The zero-order valence-electron chi connectivity index (χ0n) is 13.2. The highest BCUT2D eigenvalue weighted by molar-refractivity contribution is 5.92. The van der Waals surface area contributed by atoms with Crippen LogP contribution >= 0.6 is 0 Å². The lowest BCUT2D eigenvalue weighted by molar-refractivity contribution is -0.384. The van der Waals surface area contributed by atoms with E-state index in [4.69, 9.17) is 5.73 Å². The van der Waals surface area contributed by atoms with Crippen molar-refractivity contribution in [3.8, 4) is 0 Å². The van der Waals surface area contributed by atoms with E-state index >= 15 is 0 Å². The van der Waals surface area contributed by atoms with E-state index in [-0.39, 0.29) is 10.6 Å². The van der Waals surface area contributed by atoms with Gasteiger partial charge in [-0.05, 0) is 36.1 Å². The number of primary amides is 1. The number of carbonyl (C=O) groups excluding carboxylic acids is 1. The fourth-order valence-corrected chi connectivity index (χ4v) is 2.72. The molecule has 0 bridgehead atoms. The third-order valence-corrected chi connectivity index (χ3v) is 4.22. The van der Waals surface area contributed by atoms with Crippen molar-refractivity contribution < 1.29 is 9.72 Å². The first-order valence-electron chi connectivity index (χ1n) is 7.89. The Morgan fingerprint density at radius 2 is 1.54 bits per heavy atom. The van der Waals surface area contributed by atoms with Gasteiger partial charge in [0.1, 0.15) is 0 Å². The molecule has 6 heteroatoms. The molecule has 124 valence electrons. The Labute approximate surface area is 140 Å². The van der Waals surface area contributed by atoms with Crippen LogP contribution in [0.2, 0.25) is 0 Å². The van der Waals surface area contributed by atoms with Gasteiger partial charge in [0.05, 0.1) is 4.92 Å². The Hall–Kier alpha value is -2.73. The summed E-state index contributed by atoms with van der Waals surface area (Å²) in [5.41, 5.74) is 8.05. The fraction of sp³-hybridized carbons (Fsp3) is 0.278. The summed E-state index contributed by atoms with van der Waals surface area (Å²) in [6.07, 6.45) is 2.35. The van der Waals surface area contributed by atoms with Gasteiger partial charge in [-0.25, -0.2) is 0 Å². The van der Waals surface area contributed by atoms with Crippen LogP contribution in [0.15, 0.2) is 48.5 Å². The Morgan fingerprint density at radius 3 is 1.96 bits per heavy atom. The second-order valence-electron chi connectivity index (χ2n) is 6.12. The first-order chi connectivity index (χ1) is 11.5. The number of carbonyl (C=O) groups is 1. The lowest BCUT2D eigenvalue weighted by atomic mass is 10.1. The van der Waals surface area contributed by atoms with E-state index in [0.29, 0.717) is 11.6 Å². The summed E-state index contributed by atoms with van der Waals surface area (Å²) in [6, 6.07) is 14.6. The van der Waals surface area contributed by atoms with Gasteiger partial charge in [-0.3, -0.25) is 19.8 Å². The van der Waals surface area contributed by atoms with E-state index in [2.05, 4.69) is 4.90 Å². The van der Waals surface area contributed by atoms with E-state index < -0.39 is 5.91 Å². The SMILES string of the molecule is NC(=O)c1ccc(CN(Cc2ccc([N+](=O)[O-])cc2)C2CC2)cc1. The van der Waals surface area contributed by atoms with Gasteiger partial charge in [-0.15, -0.1) is 0 Å². The van der Waals surface area contributed by atoms with Crippen LogP contribution in [-0.4, -0.2) is 21.8 Å². The first kappa shape index (κ1) is 16.1. The molecule has 0 atom stereocenters. The van der Waals surface area contributed by atoms with Crippen LogP contribution in [0.4, 0.5) is 5.69 Å². The van der Waals surface area contributed by atoms with Crippen LogP contribution in [0.1, 0.15) is 34.3 Å². The molecule has 0 aromatic heterocycles. The van der Waals surface area contributed by atoms with E-state index in [1.807, 2.05) is 24.3 Å². The molecule has 0 unspecified atom stereocenters. The highest BCUT2D eigenvalue weighted by Crippen LogP contribution is 2.30. The van der Waals surface area contributed by atoms with Crippen molar-refractivity contribution in [3.63, 3.8) is 0 Å². The minimum absolute atomic E-state index is 0.110. The van der Waals surface area contributed by atoms with Gasteiger partial charge in [0.2, 0.25) is 5.91 Å². The van der Waals surface area contributed by atoms with Crippen LogP contribution < -0.4 is 5.73 Å². The van der Waals surface area contributed by atoms with Crippen molar-refractivity contribution in [2.24, 2.45) is 5.73 Å². The van der Waals surface area contributed by atoms with Crippen molar-refractivity contribution in [2.45, 2.75) is 32.0 Å². The normalized spacial score (nSPS) is 13.9. The number of benzene rings is 2. The lowest BCUT2D eigenvalue weighted by Crippen LogP contribution is -2.25. The summed E-state index contributed by atoms with van der Waals surface area (Å²) < 4.78 is 0. The van der Waals surface area contributed by atoms with Crippen molar-refractivity contribution in [1.29, 1.82) is 0 Å². The van der Waals surface area contributed by atoms with Gasteiger partial charge < -0.3 is 5.73 Å².